The van der Waals surface area contributed by atoms with E-state index in [1.165, 1.54) is 52.2 Å². The number of rotatable bonds is 0. The molecule has 0 spiro atoms. The molecule has 0 amide bonds. The van der Waals surface area contributed by atoms with Gasteiger partial charge in [-0.25, -0.2) is 0 Å². The molecule has 3 heterocycles. The van der Waals surface area contributed by atoms with Crippen LogP contribution in [-0.2, 0) is 12.8 Å². The van der Waals surface area contributed by atoms with Crippen molar-refractivity contribution in [3.05, 3.63) is 69.4 Å². The van der Waals surface area contributed by atoms with Crippen LogP contribution in [0.25, 0.3) is 41.1 Å². The van der Waals surface area contributed by atoms with Gasteiger partial charge in [0, 0.05) is 33.7 Å². The van der Waals surface area contributed by atoms with E-state index >= 15 is 0 Å². The van der Waals surface area contributed by atoms with Crippen molar-refractivity contribution in [3.8, 4) is 22.3 Å². The first kappa shape index (κ1) is 13.3. The average molecular weight is 373 g/mol. The largest absolute Gasteiger partial charge is 0.137 e. The van der Waals surface area contributed by atoms with Crippen LogP contribution >= 0.6 is 34.0 Å². The maximum Gasteiger partial charge on any atom is 0.0639 e. The molecule has 0 N–H and O–H groups in total. The highest BCUT2D eigenvalue weighted by molar-refractivity contribution is 7.39. The summed E-state index contributed by atoms with van der Waals surface area (Å²) in [5, 5.41) is 0. The molecule has 3 heteroatoms. The maximum absolute atomic E-state index is 2.31. The van der Waals surface area contributed by atoms with Crippen molar-refractivity contribution in [2.24, 2.45) is 0 Å². The fourth-order valence-electron chi connectivity index (χ4n) is 4.49. The number of hydrogen-bond donors (Lipinski definition) is 0. The molecule has 2 aliphatic carbocycles. The summed E-state index contributed by atoms with van der Waals surface area (Å²) in [5.41, 5.74) is 8.99. The number of fused-ring (bicyclic) bond motifs is 11. The third-order valence-electron chi connectivity index (χ3n) is 5.56. The molecule has 5 aromatic rings. The molecule has 0 radical (unpaired) electrons. The SMILES string of the molecule is c1ccc2c(c1)Cc1sc3c(sc4c5c(sc43)Cc3ccccc3-5)c1-2. The van der Waals surface area contributed by atoms with E-state index in [2.05, 4.69) is 48.5 Å². The molecule has 0 unspecified atom stereocenters. The van der Waals surface area contributed by atoms with E-state index < -0.39 is 0 Å². The average Bonchev–Trinajstić information content (AvgIpc) is 3.36. The van der Waals surface area contributed by atoms with E-state index in [-0.39, 0.29) is 0 Å². The van der Waals surface area contributed by atoms with Crippen molar-refractivity contribution in [1.82, 2.24) is 0 Å². The predicted molar refractivity (Wildman–Crippen MR) is 112 cm³/mol. The van der Waals surface area contributed by atoms with E-state index in [1.807, 2.05) is 34.0 Å². The Balaban J connectivity index is 1.59. The molecule has 7 rings (SSSR count). The predicted octanol–water partition coefficient (Wildman–Crippen LogP) is 7.32. The van der Waals surface area contributed by atoms with E-state index in [0.717, 1.165) is 12.8 Å². The van der Waals surface area contributed by atoms with E-state index in [9.17, 15) is 0 Å². The van der Waals surface area contributed by atoms with Crippen molar-refractivity contribution in [1.29, 1.82) is 0 Å². The molecule has 0 atom stereocenters. The van der Waals surface area contributed by atoms with Gasteiger partial charge < -0.3 is 0 Å². The first-order chi connectivity index (χ1) is 12.4. The van der Waals surface area contributed by atoms with Crippen LogP contribution in [0.4, 0.5) is 0 Å². The Morgan fingerprint density at radius 2 is 1.00 bits per heavy atom. The van der Waals surface area contributed by atoms with Crippen LogP contribution in [0, 0.1) is 0 Å². The second kappa shape index (κ2) is 4.42. The highest BCUT2D eigenvalue weighted by Crippen LogP contribution is 2.57. The van der Waals surface area contributed by atoms with Gasteiger partial charge in [-0.15, -0.1) is 34.0 Å². The zero-order valence-electron chi connectivity index (χ0n) is 13.3. The highest BCUT2D eigenvalue weighted by Gasteiger charge is 2.30. The van der Waals surface area contributed by atoms with Gasteiger partial charge in [0.25, 0.3) is 0 Å². The van der Waals surface area contributed by atoms with Gasteiger partial charge in [0.05, 0.1) is 18.8 Å². The zero-order chi connectivity index (χ0) is 16.1. The first-order valence-corrected chi connectivity index (χ1v) is 11.0. The minimum absolute atomic E-state index is 1.12. The molecule has 3 aromatic heterocycles. The Bertz CT molecular complexity index is 1240. The molecule has 25 heavy (non-hydrogen) atoms. The zero-order valence-corrected chi connectivity index (χ0v) is 15.7. The van der Waals surface area contributed by atoms with Crippen molar-refractivity contribution in [2.75, 3.05) is 0 Å². The Hall–Kier alpha value is -1.94. The van der Waals surface area contributed by atoms with Crippen LogP contribution in [0.5, 0.6) is 0 Å². The Morgan fingerprint density at radius 1 is 0.520 bits per heavy atom. The standard InChI is InChI=1S/C22H12S3/c1-3-7-13-11(5-1)9-15-17(13)19-21(23-15)22-20(25-19)18-14-8-4-2-6-12(14)10-16(18)24-22/h1-8H,9-10H2. The van der Waals surface area contributed by atoms with Gasteiger partial charge in [-0.1, -0.05) is 48.5 Å². The summed E-state index contributed by atoms with van der Waals surface area (Å²) in [6.07, 6.45) is 2.24. The van der Waals surface area contributed by atoms with E-state index in [4.69, 9.17) is 0 Å². The van der Waals surface area contributed by atoms with Crippen LogP contribution < -0.4 is 0 Å². The molecule has 2 aliphatic rings. The van der Waals surface area contributed by atoms with Gasteiger partial charge in [0.15, 0.2) is 0 Å². The molecule has 0 saturated carbocycles. The number of hydrogen-bond acceptors (Lipinski definition) is 3. The normalized spacial score (nSPS) is 14.1. The Labute approximate surface area is 157 Å². The second-order valence-electron chi connectivity index (χ2n) is 6.89. The lowest BCUT2D eigenvalue weighted by atomic mass is 10.1. The first-order valence-electron chi connectivity index (χ1n) is 8.54. The number of thiophene rings is 3. The molecule has 0 bridgehead atoms. The molecule has 0 nitrogen and oxygen atoms in total. The Morgan fingerprint density at radius 3 is 1.52 bits per heavy atom. The summed E-state index contributed by atoms with van der Waals surface area (Å²) in [4.78, 5) is 3.14. The van der Waals surface area contributed by atoms with E-state index in [1.54, 1.807) is 9.75 Å². The van der Waals surface area contributed by atoms with Crippen LogP contribution in [0.2, 0.25) is 0 Å². The second-order valence-corrected chi connectivity index (χ2v) is 10.1. The molecule has 0 saturated heterocycles. The summed E-state index contributed by atoms with van der Waals surface area (Å²) in [6, 6.07) is 17.9. The van der Waals surface area contributed by atoms with Crippen LogP contribution in [-0.4, -0.2) is 0 Å². The molecule has 0 fully saturated rings. The summed E-state index contributed by atoms with van der Waals surface area (Å²) in [6.45, 7) is 0. The van der Waals surface area contributed by atoms with Crippen molar-refractivity contribution in [2.45, 2.75) is 12.8 Å². The van der Waals surface area contributed by atoms with Crippen molar-refractivity contribution >= 4 is 52.8 Å². The quantitative estimate of drug-likeness (QED) is 0.262. The Kier molecular flexibility index (Phi) is 2.35. The van der Waals surface area contributed by atoms with Gasteiger partial charge in [0.1, 0.15) is 0 Å². The number of benzene rings is 2. The molecule has 0 aliphatic heterocycles. The smallest absolute Gasteiger partial charge is 0.0639 e. The van der Waals surface area contributed by atoms with Crippen molar-refractivity contribution in [3.63, 3.8) is 0 Å². The van der Waals surface area contributed by atoms with Crippen molar-refractivity contribution < 1.29 is 0 Å². The van der Waals surface area contributed by atoms with Gasteiger partial charge in [-0.3, -0.25) is 0 Å². The lowest BCUT2D eigenvalue weighted by Gasteiger charge is -1.98. The van der Waals surface area contributed by atoms with Gasteiger partial charge in [-0.2, -0.15) is 0 Å². The molecular weight excluding hydrogens is 360 g/mol. The van der Waals surface area contributed by atoms with Gasteiger partial charge in [0.2, 0.25) is 0 Å². The van der Waals surface area contributed by atoms with Crippen LogP contribution in [0.3, 0.4) is 0 Å². The van der Waals surface area contributed by atoms with Gasteiger partial charge in [-0.05, 0) is 22.3 Å². The minimum atomic E-state index is 1.12. The fraction of sp³-hybridized carbons (Fsp3) is 0.0909. The third kappa shape index (κ3) is 1.53. The van der Waals surface area contributed by atoms with Gasteiger partial charge >= 0.3 is 0 Å². The summed E-state index contributed by atoms with van der Waals surface area (Å²) in [7, 11) is 0. The minimum Gasteiger partial charge on any atom is -0.137 e. The highest BCUT2D eigenvalue weighted by atomic mass is 32.1. The van der Waals surface area contributed by atoms with E-state index in [0.29, 0.717) is 0 Å². The summed E-state index contributed by atoms with van der Waals surface area (Å²) in [5.74, 6) is 0. The topological polar surface area (TPSA) is 0 Å². The lowest BCUT2D eigenvalue weighted by molar-refractivity contribution is 1.31. The molecular formula is C22H12S3. The summed E-state index contributed by atoms with van der Waals surface area (Å²) >= 11 is 6.11. The molecule has 118 valence electrons. The van der Waals surface area contributed by atoms with Crippen LogP contribution in [0.1, 0.15) is 20.9 Å². The monoisotopic (exact) mass is 372 g/mol. The maximum atomic E-state index is 2.31. The molecule has 2 aromatic carbocycles. The fourth-order valence-corrected chi connectivity index (χ4v) is 9.12. The third-order valence-corrected chi connectivity index (χ3v) is 9.59. The summed E-state index contributed by atoms with van der Waals surface area (Å²) < 4.78 is 6.13. The van der Waals surface area contributed by atoms with Crippen LogP contribution in [0.15, 0.2) is 48.5 Å². The lowest BCUT2D eigenvalue weighted by Crippen LogP contribution is -1.77.